The van der Waals surface area contributed by atoms with Crippen LogP contribution in [0, 0.1) is 13.8 Å². The van der Waals surface area contributed by atoms with Crippen LogP contribution in [-0.2, 0) is 6.54 Å². The number of likely N-dealkylation sites (tertiary alicyclic amines) is 1. The number of aromatic nitrogens is 1. The second-order valence-electron chi connectivity index (χ2n) is 8.58. The lowest BCUT2D eigenvalue weighted by Gasteiger charge is -2.25. The summed E-state index contributed by atoms with van der Waals surface area (Å²) in [4.78, 5) is 17.4. The molecule has 0 saturated carbocycles. The number of amides is 1. The Hall–Kier alpha value is -3.32. The zero-order valence-electron chi connectivity index (χ0n) is 18.8. The lowest BCUT2D eigenvalue weighted by molar-refractivity contribution is 0.0682. The van der Waals surface area contributed by atoms with Crippen molar-refractivity contribution >= 4 is 5.91 Å². The molecule has 0 unspecified atom stereocenters. The lowest BCUT2D eigenvalue weighted by Crippen LogP contribution is -2.44. The third kappa shape index (κ3) is 3.52. The van der Waals surface area contributed by atoms with Crippen LogP contribution in [0.2, 0.25) is 0 Å². The van der Waals surface area contributed by atoms with Gasteiger partial charge in [0.2, 0.25) is 0 Å². The van der Waals surface area contributed by atoms with Crippen LogP contribution in [-0.4, -0.2) is 60.3 Å². The molecule has 1 fully saturated rings. The minimum absolute atomic E-state index is 0.0103. The quantitative estimate of drug-likeness (QED) is 0.625. The minimum Gasteiger partial charge on any atom is -0.497 e. The number of hydrogen-bond acceptors (Lipinski definition) is 6. The van der Waals surface area contributed by atoms with Gasteiger partial charge >= 0.3 is 0 Å². The van der Waals surface area contributed by atoms with E-state index < -0.39 is 0 Å². The average molecular weight is 434 g/mol. The van der Waals surface area contributed by atoms with Crippen molar-refractivity contribution in [2.45, 2.75) is 32.5 Å². The average Bonchev–Trinajstić information content (AvgIpc) is 3.33. The van der Waals surface area contributed by atoms with Crippen LogP contribution < -0.4 is 9.47 Å². The maximum Gasteiger partial charge on any atom is 0.257 e. The third-order valence-electron chi connectivity index (χ3n) is 6.59. The standard InChI is InChI=1S/C25H27N3O4/c1-15-21(16(2)32-26-15)12-28-13-22-24(14-28)31-23-11-18(8-9-20(23)25(29)27(22)3)17-6-5-7-19(10-17)30-4/h5-11,22,24H,12-14H2,1-4H3/t22-,24+/m1/s1. The van der Waals surface area contributed by atoms with Crippen molar-refractivity contribution in [2.24, 2.45) is 0 Å². The predicted molar refractivity (Wildman–Crippen MR) is 120 cm³/mol. The van der Waals surface area contributed by atoms with Gasteiger partial charge in [-0.15, -0.1) is 0 Å². The van der Waals surface area contributed by atoms with Crippen molar-refractivity contribution in [3.63, 3.8) is 0 Å². The van der Waals surface area contributed by atoms with E-state index >= 15 is 0 Å². The Morgan fingerprint density at radius 1 is 1.12 bits per heavy atom. The first-order valence-corrected chi connectivity index (χ1v) is 10.8. The van der Waals surface area contributed by atoms with Gasteiger partial charge in [-0.3, -0.25) is 9.69 Å². The number of rotatable bonds is 4. The first-order valence-electron chi connectivity index (χ1n) is 10.8. The van der Waals surface area contributed by atoms with Gasteiger partial charge in [0.1, 0.15) is 23.4 Å². The fourth-order valence-electron chi connectivity index (χ4n) is 4.68. The van der Waals surface area contributed by atoms with Gasteiger partial charge < -0.3 is 18.9 Å². The highest BCUT2D eigenvalue weighted by Crippen LogP contribution is 2.35. The molecule has 5 rings (SSSR count). The van der Waals surface area contributed by atoms with Gasteiger partial charge in [-0.05, 0) is 49.2 Å². The van der Waals surface area contributed by atoms with Crippen molar-refractivity contribution in [2.75, 3.05) is 27.2 Å². The van der Waals surface area contributed by atoms with E-state index in [1.807, 2.05) is 68.3 Å². The largest absolute Gasteiger partial charge is 0.497 e. The first-order chi connectivity index (χ1) is 15.4. The molecule has 2 aromatic carbocycles. The van der Waals surface area contributed by atoms with Gasteiger partial charge in [-0.25, -0.2) is 0 Å². The molecular formula is C25H27N3O4. The molecule has 2 atom stereocenters. The zero-order chi connectivity index (χ0) is 22.4. The molecule has 0 bridgehead atoms. The molecule has 3 aromatic rings. The number of benzene rings is 2. The lowest BCUT2D eigenvalue weighted by atomic mass is 10.0. The maximum atomic E-state index is 13.2. The molecule has 2 aliphatic rings. The monoisotopic (exact) mass is 433 g/mol. The molecule has 2 aliphatic heterocycles. The van der Waals surface area contributed by atoms with Crippen LogP contribution >= 0.6 is 0 Å². The van der Waals surface area contributed by atoms with Crippen molar-refractivity contribution in [3.05, 3.63) is 65.0 Å². The second-order valence-corrected chi connectivity index (χ2v) is 8.58. The SMILES string of the molecule is COc1cccc(-c2ccc3c(c2)O[C@H]2CN(Cc4c(C)noc4C)C[C@H]2N(C)C3=O)c1. The number of likely N-dealkylation sites (N-methyl/N-ethyl adjacent to an activating group) is 1. The van der Waals surface area contributed by atoms with Crippen molar-refractivity contribution in [1.82, 2.24) is 15.0 Å². The third-order valence-corrected chi connectivity index (χ3v) is 6.59. The van der Waals surface area contributed by atoms with E-state index in [-0.39, 0.29) is 18.1 Å². The molecular weight excluding hydrogens is 406 g/mol. The second kappa shape index (κ2) is 7.98. The van der Waals surface area contributed by atoms with Gasteiger partial charge in [0.05, 0.1) is 24.4 Å². The van der Waals surface area contributed by atoms with Crippen molar-refractivity contribution in [3.8, 4) is 22.6 Å². The highest BCUT2D eigenvalue weighted by atomic mass is 16.5. The summed E-state index contributed by atoms with van der Waals surface area (Å²) < 4.78 is 17.2. The molecule has 166 valence electrons. The highest BCUT2D eigenvalue weighted by molar-refractivity contribution is 5.98. The number of aryl methyl sites for hydroxylation is 2. The van der Waals surface area contributed by atoms with Crippen LogP contribution in [0.25, 0.3) is 11.1 Å². The van der Waals surface area contributed by atoms with Gasteiger partial charge in [-0.1, -0.05) is 23.4 Å². The van der Waals surface area contributed by atoms with Crippen LogP contribution in [0.1, 0.15) is 27.4 Å². The molecule has 0 N–H and O–H groups in total. The normalized spacial score (nSPS) is 20.5. The molecule has 3 heterocycles. The van der Waals surface area contributed by atoms with Crippen LogP contribution in [0.3, 0.4) is 0 Å². The zero-order valence-corrected chi connectivity index (χ0v) is 18.8. The number of fused-ring (bicyclic) bond motifs is 2. The summed E-state index contributed by atoms with van der Waals surface area (Å²) in [7, 11) is 3.52. The number of hydrogen-bond donors (Lipinski definition) is 0. The Morgan fingerprint density at radius 2 is 1.94 bits per heavy atom. The summed E-state index contributed by atoms with van der Waals surface area (Å²) in [5.74, 6) is 2.26. The fourth-order valence-corrected chi connectivity index (χ4v) is 4.68. The van der Waals surface area contributed by atoms with Crippen molar-refractivity contribution < 1.29 is 18.8 Å². The van der Waals surface area contributed by atoms with Crippen LogP contribution in [0.15, 0.2) is 47.0 Å². The Balaban J connectivity index is 1.43. The maximum absolute atomic E-state index is 13.2. The summed E-state index contributed by atoms with van der Waals surface area (Å²) in [5.41, 5.74) is 4.63. The molecule has 1 saturated heterocycles. The van der Waals surface area contributed by atoms with E-state index in [2.05, 4.69) is 10.1 Å². The summed E-state index contributed by atoms with van der Waals surface area (Å²) in [6, 6.07) is 13.7. The number of nitrogens with zero attached hydrogens (tertiary/aromatic N) is 3. The van der Waals surface area contributed by atoms with E-state index in [9.17, 15) is 4.79 Å². The molecule has 0 aliphatic carbocycles. The van der Waals surface area contributed by atoms with E-state index in [1.54, 1.807) is 7.11 Å². The summed E-state index contributed by atoms with van der Waals surface area (Å²) >= 11 is 0. The molecule has 1 aromatic heterocycles. The molecule has 7 nitrogen and oxygen atoms in total. The van der Waals surface area contributed by atoms with E-state index in [0.29, 0.717) is 11.3 Å². The smallest absolute Gasteiger partial charge is 0.257 e. The Morgan fingerprint density at radius 3 is 2.69 bits per heavy atom. The molecule has 32 heavy (non-hydrogen) atoms. The first kappa shape index (κ1) is 20.6. The number of methoxy groups -OCH3 is 1. The molecule has 0 spiro atoms. The Bertz CT molecular complexity index is 1150. The molecule has 0 radical (unpaired) electrons. The summed E-state index contributed by atoms with van der Waals surface area (Å²) in [6.45, 7) is 6.10. The fraction of sp³-hybridized carbons (Fsp3) is 0.360. The van der Waals surface area contributed by atoms with Gasteiger partial charge in [0.25, 0.3) is 5.91 Å². The minimum atomic E-state index is -0.105. The summed E-state index contributed by atoms with van der Waals surface area (Å²) in [6.07, 6.45) is -0.105. The Kier molecular flexibility index (Phi) is 5.13. The predicted octanol–water partition coefficient (Wildman–Crippen LogP) is 3.68. The van der Waals surface area contributed by atoms with E-state index in [4.69, 9.17) is 14.0 Å². The van der Waals surface area contributed by atoms with E-state index in [0.717, 1.165) is 53.5 Å². The van der Waals surface area contributed by atoms with Gasteiger partial charge in [0, 0.05) is 32.2 Å². The van der Waals surface area contributed by atoms with Gasteiger partial charge in [-0.2, -0.15) is 0 Å². The van der Waals surface area contributed by atoms with Gasteiger partial charge in [0.15, 0.2) is 0 Å². The van der Waals surface area contributed by atoms with E-state index in [1.165, 1.54) is 0 Å². The number of carbonyl (C=O) groups excluding carboxylic acids is 1. The topological polar surface area (TPSA) is 68.0 Å². The summed E-state index contributed by atoms with van der Waals surface area (Å²) in [5, 5.41) is 4.07. The number of carbonyl (C=O) groups is 1. The van der Waals surface area contributed by atoms with Crippen LogP contribution in [0.4, 0.5) is 0 Å². The Labute approximate surface area is 187 Å². The highest BCUT2D eigenvalue weighted by Gasteiger charge is 2.42. The number of ether oxygens (including phenoxy) is 2. The molecule has 1 amide bonds. The molecule has 7 heteroatoms. The van der Waals surface area contributed by atoms with Crippen molar-refractivity contribution in [1.29, 1.82) is 0 Å². The van der Waals surface area contributed by atoms with Crippen LogP contribution in [0.5, 0.6) is 11.5 Å².